The molecule has 3 N–H and O–H groups in total. The molecule has 7 heteroatoms. The number of carbonyl (C=O) groups excluding carboxylic acids is 3. The number of amides is 3. The maximum Gasteiger partial charge on any atom is 0.230 e. The van der Waals surface area contributed by atoms with Gasteiger partial charge in [0, 0.05) is 18.0 Å². The summed E-state index contributed by atoms with van der Waals surface area (Å²) in [5.41, 5.74) is 1.74. The lowest BCUT2D eigenvalue weighted by atomic mass is 9.88. The van der Waals surface area contributed by atoms with Gasteiger partial charge < -0.3 is 10.6 Å². The first kappa shape index (κ1) is 18.4. The Morgan fingerprint density at radius 2 is 1.92 bits per heavy atom. The van der Waals surface area contributed by atoms with Crippen LogP contribution in [0, 0.1) is 17.8 Å². The molecule has 1 aromatic rings. The molecule has 6 nitrogen and oxygen atoms in total. The fraction of sp³-hybridized carbons (Fsp3) is 0.471. The third-order valence-electron chi connectivity index (χ3n) is 4.70. The number of halogens is 1. The van der Waals surface area contributed by atoms with E-state index in [9.17, 15) is 14.4 Å². The summed E-state index contributed by atoms with van der Waals surface area (Å²) >= 11 is 0. The number of hydrogen-bond acceptors (Lipinski definition) is 4. The quantitative estimate of drug-likeness (QED) is 0.693. The van der Waals surface area contributed by atoms with Crippen LogP contribution in [-0.2, 0) is 20.8 Å². The maximum absolute atomic E-state index is 12.2. The van der Waals surface area contributed by atoms with Crippen LogP contribution in [0.5, 0.6) is 0 Å². The Bertz CT molecular complexity index is 628. The number of rotatable bonds is 5. The Morgan fingerprint density at radius 3 is 2.42 bits per heavy atom. The van der Waals surface area contributed by atoms with Crippen molar-refractivity contribution in [2.45, 2.75) is 19.8 Å². The van der Waals surface area contributed by atoms with E-state index < -0.39 is 0 Å². The summed E-state index contributed by atoms with van der Waals surface area (Å²) in [6.45, 7) is 3.75. The molecule has 2 atom stereocenters. The van der Waals surface area contributed by atoms with Gasteiger partial charge in [-0.25, -0.2) is 0 Å². The van der Waals surface area contributed by atoms with Crippen LogP contribution >= 0.6 is 12.4 Å². The Kier molecular flexibility index (Phi) is 5.96. The summed E-state index contributed by atoms with van der Waals surface area (Å²) in [7, 11) is 0. The average molecular weight is 352 g/mol. The average Bonchev–Trinajstić information content (AvgIpc) is 2.77. The van der Waals surface area contributed by atoms with Crippen molar-refractivity contribution >= 4 is 35.8 Å². The molecule has 2 heterocycles. The van der Waals surface area contributed by atoms with E-state index in [0.717, 1.165) is 24.3 Å². The van der Waals surface area contributed by atoms with Gasteiger partial charge in [0.1, 0.15) is 0 Å². The van der Waals surface area contributed by atoms with Gasteiger partial charge in [0.15, 0.2) is 0 Å². The minimum Gasteiger partial charge on any atom is -0.326 e. The lowest BCUT2D eigenvalue weighted by Gasteiger charge is -2.31. The molecule has 0 radical (unpaired) electrons. The second-order valence-corrected chi connectivity index (χ2v) is 6.41. The van der Waals surface area contributed by atoms with Gasteiger partial charge in [0.25, 0.3) is 0 Å². The zero-order chi connectivity index (χ0) is 16.4. The molecule has 2 aliphatic rings. The molecule has 2 fully saturated rings. The van der Waals surface area contributed by atoms with E-state index in [-0.39, 0.29) is 48.4 Å². The van der Waals surface area contributed by atoms with Crippen molar-refractivity contribution in [3.8, 4) is 0 Å². The number of benzene rings is 1. The largest absolute Gasteiger partial charge is 0.326 e. The van der Waals surface area contributed by atoms with Gasteiger partial charge >= 0.3 is 0 Å². The molecule has 24 heavy (non-hydrogen) atoms. The van der Waals surface area contributed by atoms with E-state index in [4.69, 9.17) is 0 Å². The molecular weight excluding hydrogens is 330 g/mol. The van der Waals surface area contributed by atoms with Crippen LogP contribution in [0.2, 0.25) is 0 Å². The molecule has 3 rings (SSSR count). The zero-order valence-corrected chi connectivity index (χ0v) is 14.3. The summed E-state index contributed by atoms with van der Waals surface area (Å²) in [6.07, 6.45) is 0.792. The van der Waals surface area contributed by atoms with Gasteiger partial charge in [0.05, 0.1) is 5.92 Å². The Labute approximate surface area is 147 Å². The molecule has 2 unspecified atom stereocenters. The van der Waals surface area contributed by atoms with E-state index in [0.29, 0.717) is 12.3 Å². The third-order valence-corrected chi connectivity index (χ3v) is 4.70. The van der Waals surface area contributed by atoms with Crippen LogP contribution < -0.4 is 16.0 Å². The highest BCUT2D eigenvalue weighted by atomic mass is 35.5. The van der Waals surface area contributed by atoms with Gasteiger partial charge in [-0.05, 0) is 43.1 Å². The van der Waals surface area contributed by atoms with Crippen LogP contribution in [0.3, 0.4) is 0 Å². The van der Waals surface area contributed by atoms with Crippen molar-refractivity contribution in [1.82, 2.24) is 10.6 Å². The summed E-state index contributed by atoms with van der Waals surface area (Å²) < 4.78 is 0. The van der Waals surface area contributed by atoms with E-state index in [1.165, 1.54) is 0 Å². The zero-order valence-electron chi connectivity index (χ0n) is 13.5. The highest BCUT2D eigenvalue weighted by Crippen LogP contribution is 2.21. The molecule has 0 spiro atoms. The van der Waals surface area contributed by atoms with E-state index >= 15 is 0 Å². The lowest BCUT2D eigenvalue weighted by Crippen LogP contribution is -2.48. The minimum absolute atomic E-state index is 0. The molecule has 0 aliphatic carbocycles. The van der Waals surface area contributed by atoms with Crippen molar-refractivity contribution in [2.24, 2.45) is 17.8 Å². The summed E-state index contributed by atoms with van der Waals surface area (Å²) in [5.74, 6) is -0.255. The van der Waals surface area contributed by atoms with E-state index in [1.807, 2.05) is 31.2 Å². The maximum atomic E-state index is 12.2. The highest BCUT2D eigenvalue weighted by molar-refractivity contribution is 6.03. The van der Waals surface area contributed by atoms with Crippen molar-refractivity contribution in [3.05, 3.63) is 29.8 Å². The predicted molar refractivity (Wildman–Crippen MR) is 92.8 cm³/mol. The number of hydrogen-bond donors (Lipinski definition) is 3. The number of anilines is 1. The molecular formula is C17H22ClN3O3. The Hall–Kier alpha value is -1.92. The summed E-state index contributed by atoms with van der Waals surface area (Å²) in [5, 5.41) is 8.42. The molecule has 130 valence electrons. The molecule has 2 saturated heterocycles. The fourth-order valence-electron chi connectivity index (χ4n) is 2.92. The van der Waals surface area contributed by atoms with Gasteiger partial charge in [-0.1, -0.05) is 19.1 Å². The first-order valence-corrected chi connectivity index (χ1v) is 7.97. The Morgan fingerprint density at radius 1 is 1.25 bits per heavy atom. The van der Waals surface area contributed by atoms with Crippen molar-refractivity contribution in [2.75, 3.05) is 18.4 Å². The van der Waals surface area contributed by atoms with E-state index in [2.05, 4.69) is 16.0 Å². The molecule has 1 aromatic carbocycles. The van der Waals surface area contributed by atoms with Gasteiger partial charge in [-0.3, -0.25) is 19.7 Å². The van der Waals surface area contributed by atoms with Crippen LogP contribution in [0.1, 0.15) is 18.9 Å². The topological polar surface area (TPSA) is 87.3 Å². The fourth-order valence-corrected chi connectivity index (χ4v) is 2.92. The first-order chi connectivity index (χ1) is 11.0. The number of carbonyl (C=O) groups is 3. The predicted octanol–water partition coefficient (Wildman–Crippen LogP) is 1.11. The SMILES string of the molecule is CC(C(=O)Nc1ccc(CC2CC(=O)NC2=O)cc1)C1CNC1.Cl. The minimum atomic E-state index is -0.283. The van der Waals surface area contributed by atoms with Crippen molar-refractivity contribution in [3.63, 3.8) is 0 Å². The Balaban J connectivity index is 0.00000208. The first-order valence-electron chi connectivity index (χ1n) is 7.97. The number of imide groups is 1. The van der Waals surface area contributed by atoms with Crippen LogP contribution in [0.15, 0.2) is 24.3 Å². The monoisotopic (exact) mass is 351 g/mol. The molecule has 0 aromatic heterocycles. The standard InChI is InChI=1S/C17H21N3O3.ClH/c1-10(13-8-18-9-13)16(22)19-14-4-2-11(3-5-14)6-12-7-15(21)20-17(12)23;/h2-5,10,12-13,18H,6-9H2,1H3,(H,19,22)(H,20,21,23);1H. The van der Waals surface area contributed by atoms with Crippen LogP contribution in [0.4, 0.5) is 5.69 Å². The molecule has 0 saturated carbocycles. The van der Waals surface area contributed by atoms with Crippen molar-refractivity contribution < 1.29 is 14.4 Å². The van der Waals surface area contributed by atoms with Crippen LogP contribution in [0.25, 0.3) is 0 Å². The smallest absolute Gasteiger partial charge is 0.230 e. The molecule has 3 amide bonds. The lowest BCUT2D eigenvalue weighted by molar-refractivity contribution is -0.126. The van der Waals surface area contributed by atoms with Gasteiger partial charge in [-0.15, -0.1) is 12.4 Å². The van der Waals surface area contributed by atoms with Crippen molar-refractivity contribution in [1.29, 1.82) is 0 Å². The summed E-state index contributed by atoms with van der Waals surface area (Å²) in [6, 6.07) is 7.46. The highest BCUT2D eigenvalue weighted by Gasteiger charge is 2.30. The second-order valence-electron chi connectivity index (χ2n) is 6.41. The van der Waals surface area contributed by atoms with Gasteiger partial charge in [-0.2, -0.15) is 0 Å². The van der Waals surface area contributed by atoms with Gasteiger partial charge in [0.2, 0.25) is 17.7 Å². The second kappa shape index (κ2) is 7.77. The summed E-state index contributed by atoms with van der Waals surface area (Å²) in [4.78, 5) is 34.9. The normalized spacial score (nSPS) is 21.5. The molecule has 0 bridgehead atoms. The van der Waals surface area contributed by atoms with Crippen LogP contribution in [-0.4, -0.2) is 30.8 Å². The molecule has 2 aliphatic heterocycles. The third kappa shape index (κ3) is 4.13. The van der Waals surface area contributed by atoms with E-state index in [1.54, 1.807) is 0 Å². The number of nitrogens with one attached hydrogen (secondary N) is 3.